The summed E-state index contributed by atoms with van der Waals surface area (Å²) < 4.78 is 2.08. The number of fused-ring (bicyclic) bond motifs is 1. The average molecular weight is 284 g/mol. The molecule has 6 heteroatoms. The van der Waals surface area contributed by atoms with Crippen molar-refractivity contribution in [2.75, 3.05) is 0 Å². The Balaban J connectivity index is 2.10. The van der Waals surface area contributed by atoms with Crippen molar-refractivity contribution in [2.24, 2.45) is 7.05 Å². The molecule has 0 atom stereocenters. The molecule has 6 nitrogen and oxygen atoms in total. The van der Waals surface area contributed by atoms with Crippen LogP contribution >= 0.6 is 0 Å². The molecule has 108 valence electrons. The number of aromatic nitrogens is 4. The summed E-state index contributed by atoms with van der Waals surface area (Å²) in [5.41, 5.74) is 3.47. The monoisotopic (exact) mass is 284 g/mol. The molecule has 0 bridgehead atoms. The van der Waals surface area contributed by atoms with Crippen LogP contribution < -0.4 is 0 Å². The van der Waals surface area contributed by atoms with Gasteiger partial charge >= 0.3 is 5.97 Å². The third-order valence-electron chi connectivity index (χ3n) is 3.54. The van der Waals surface area contributed by atoms with E-state index < -0.39 is 5.97 Å². The van der Waals surface area contributed by atoms with E-state index in [-0.39, 0.29) is 5.69 Å². The molecule has 2 aromatic heterocycles. The van der Waals surface area contributed by atoms with Gasteiger partial charge in [-0.3, -0.25) is 5.10 Å². The number of aromatic amines is 1. The normalized spacial score (nSPS) is 11.4. The van der Waals surface area contributed by atoms with Crippen molar-refractivity contribution in [3.8, 4) is 11.3 Å². The molecule has 0 spiro atoms. The van der Waals surface area contributed by atoms with Crippen molar-refractivity contribution in [1.82, 2.24) is 19.7 Å². The zero-order valence-corrected chi connectivity index (χ0v) is 12.1. The molecular formula is C15H16N4O2. The van der Waals surface area contributed by atoms with Crippen LogP contribution in [0.2, 0.25) is 0 Å². The number of aryl methyl sites for hydroxylation is 1. The summed E-state index contributed by atoms with van der Waals surface area (Å²) in [6.07, 6.45) is 0. The number of hydrogen-bond acceptors (Lipinski definition) is 3. The van der Waals surface area contributed by atoms with Gasteiger partial charge < -0.3 is 9.67 Å². The first kappa shape index (κ1) is 13.4. The molecule has 0 saturated heterocycles. The van der Waals surface area contributed by atoms with Gasteiger partial charge in [0.05, 0.1) is 16.7 Å². The zero-order chi connectivity index (χ0) is 15.1. The number of carboxylic acid groups (broad SMARTS) is 1. The van der Waals surface area contributed by atoms with Gasteiger partial charge in [-0.1, -0.05) is 19.9 Å². The molecule has 0 aliphatic carbocycles. The third-order valence-corrected chi connectivity index (χ3v) is 3.54. The lowest BCUT2D eigenvalue weighted by Crippen LogP contribution is -1.99. The van der Waals surface area contributed by atoms with Crippen molar-refractivity contribution < 1.29 is 9.90 Å². The second-order valence-electron chi connectivity index (χ2n) is 5.36. The molecule has 2 heterocycles. The molecule has 1 aromatic carbocycles. The van der Waals surface area contributed by atoms with Gasteiger partial charge in [-0.15, -0.1) is 0 Å². The second kappa shape index (κ2) is 4.73. The van der Waals surface area contributed by atoms with E-state index in [1.807, 2.05) is 25.2 Å². The van der Waals surface area contributed by atoms with Gasteiger partial charge in [0.1, 0.15) is 11.5 Å². The van der Waals surface area contributed by atoms with Crippen molar-refractivity contribution in [3.63, 3.8) is 0 Å². The van der Waals surface area contributed by atoms with E-state index in [4.69, 9.17) is 5.11 Å². The fourth-order valence-corrected chi connectivity index (χ4v) is 2.47. The van der Waals surface area contributed by atoms with E-state index >= 15 is 0 Å². The zero-order valence-electron chi connectivity index (χ0n) is 12.1. The Labute approximate surface area is 121 Å². The Morgan fingerprint density at radius 2 is 2.10 bits per heavy atom. The van der Waals surface area contributed by atoms with Crippen LogP contribution in [0.15, 0.2) is 24.3 Å². The summed E-state index contributed by atoms with van der Waals surface area (Å²) in [5, 5.41) is 15.5. The summed E-state index contributed by atoms with van der Waals surface area (Å²) in [6.45, 7) is 4.21. The molecule has 2 N–H and O–H groups in total. The quantitative estimate of drug-likeness (QED) is 0.774. The van der Waals surface area contributed by atoms with Crippen molar-refractivity contribution in [3.05, 3.63) is 35.8 Å². The van der Waals surface area contributed by atoms with Gasteiger partial charge in [-0.05, 0) is 18.2 Å². The number of H-pyrrole nitrogens is 1. The first-order valence-corrected chi connectivity index (χ1v) is 6.73. The first-order chi connectivity index (χ1) is 9.97. The minimum Gasteiger partial charge on any atom is -0.477 e. The van der Waals surface area contributed by atoms with Crippen LogP contribution in [-0.4, -0.2) is 30.8 Å². The smallest absolute Gasteiger partial charge is 0.353 e. The van der Waals surface area contributed by atoms with Gasteiger partial charge in [-0.2, -0.15) is 5.10 Å². The predicted molar refractivity (Wildman–Crippen MR) is 79.3 cm³/mol. The van der Waals surface area contributed by atoms with Crippen LogP contribution in [0.25, 0.3) is 22.3 Å². The Morgan fingerprint density at radius 3 is 2.71 bits per heavy atom. The SMILES string of the molecule is CC(C)c1nc2cc(-c3cc(C(=O)O)[nH]n3)ccc2n1C. The highest BCUT2D eigenvalue weighted by atomic mass is 16.4. The molecule has 3 rings (SSSR count). The Morgan fingerprint density at radius 1 is 1.33 bits per heavy atom. The van der Waals surface area contributed by atoms with Crippen molar-refractivity contribution in [1.29, 1.82) is 0 Å². The molecular weight excluding hydrogens is 268 g/mol. The number of rotatable bonds is 3. The largest absolute Gasteiger partial charge is 0.477 e. The summed E-state index contributed by atoms with van der Waals surface area (Å²) in [4.78, 5) is 15.5. The van der Waals surface area contributed by atoms with Crippen LogP contribution in [-0.2, 0) is 7.05 Å². The van der Waals surface area contributed by atoms with Crippen molar-refractivity contribution in [2.45, 2.75) is 19.8 Å². The minimum absolute atomic E-state index is 0.0778. The molecule has 0 fully saturated rings. The number of nitrogens with one attached hydrogen (secondary N) is 1. The molecule has 3 aromatic rings. The lowest BCUT2D eigenvalue weighted by molar-refractivity contribution is 0.0690. The standard InChI is InChI=1S/C15H16N4O2/c1-8(2)14-16-11-6-9(4-5-13(11)19(14)3)10-7-12(15(20)21)18-17-10/h4-8H,1-3H3,(H,17,18)(H,20,21). The van der Waals surface area contributed by atoms with Gasteiger partial charge in [0.25, 0.3) is 0 Å². The van der Waals surface area contributed by atoms with E-state index in [0.29, 0.717) is 11.6 Å². The van der Waals surface area contributed by atoms with Crippen molar-refractivity contribution >= 4 is 17.0 Å². The molecule has 0 amide bonds. The highest BCUT2D eigenvalue weighted by molar-refractivity contribution is 5.88. The molecule has 0 aliphatic heterocycles. The van der Waals surface area contributed by atoms with Crippen LogP contribution in [0.4, 0.5) is 0 Å². The molecule has 21 heavy (non-hydrogen) atoms. The third kappa shape index (κ3) is 2.18. The minimum atomic E-state index is -1.02. The number of carboxylic acids is 1. The highest BCUT2D eigenvalue weighted by Crippen LogP contribution is 2.25. The second-order valence-corrected chi connectivity index (χ2v) is 5.36. The summed E-state index contributed by atoms with van der Waals surface area (Å²) in [6, 6.07) is 7.37. The maximum Gasteiger partial charge on any atom is 0.353 e. The highest BCUT2D eigenvalue weighted by Gasteiger charge is 2.13. The van der Waals surface area contributed by atoms with Crippen LogP contribution in [0.1, 0.15) is 36.1 Å². The van der Waals surface area contributed by atoms with Crippen LogP contribution in [0.3, 0.4) is 0 Å². The topological polar surface area (TPSA) is 83.8 Å². The van der Waals surface area contributed by atoms with E-state index in [2.05, 4.69) is 33.6 Å². The lowest BCUT2D eigenvalue weighted by atomic mass is 10.1. The van der Waals surface area contributed by atoms with E-state index in [1.165, 1.54) is 6.07 Å². The lowest BCUT2D eigenvalue weighted by Gasteiger charge is -2.04. The maximum absolute atomic E-state index is 10.9. The van der Waals surface area contributed by atoms with Gasteiger partial charge in [-0.25, -0.2) is 9.78 Å². The molecule has 0 saturated carbocycles. The number of nitrogens with zero attached hydrogens (tertiary/aromatic N) is 3. The summed E-state index contributed by atoms with van der Waals surface area (Å²) in [5.74, 6) is 0.347. The number of carbonyl (C=O) groups is 1. The number of aromatic carboxylic acids is 1. The van der Waals surface area contributed by atoms with E-state index in [0.717, 1.165) is 22.4 Å². The first-order valence-electron chi connectivity index (χ1n) is 6.73. The number of benzene rings is 1. The fraction of sp³-hybridized carbons (Fsp3) is 0.267. The van der Waals surface area contributed by atoms with Gasteiger partial charge in [0.15, 0.2) is 0 Å². The Bertz CT molecular complexity index is 829. The average Bonchev–Trinajstić information content (AvgIpc) is 3.04. The van der Waals surface area contributed by atoms with Gasteiger partial charge in [0.2, 0.25) is 0 Å². The van der Waals surface area contributed by atoms with E-state index in [9.17, 15) is 4.79 Å². The summed E-state index contributed by atoms with van der Waals surface area (Å²) >= 11 is 0. The maximum atomic E-state index is 10.9. The Hall–Kier alpha value is -2.63. The van der Waals surface area contributed by atoms with Crippen LogP contribution in [0, 0.1) is 0 Å². The number of imidazole rings is 1. The number of hydrogen-bond donors (Lipinski definition) is 2. The molecule has 0 radical (unpaired) electrons. The van der Waals surface area contributed by atoms with Gasteiger partial charge in [0, 0.05) is 18.5 Å². The fourth-order valence-electron chi connectivity index (χ4n) is 2.47. The predicted octanol–water partition coefficient (Wildman–Crippen LogP) is 2.79. The van der Waals surface area contributed by atoms with Crippen LogP contribution in [0.5, 0.6) is 0 Å². The molecule has 0 aliphatic rings. The Kier molecular flexibility index (Phi) is 3.01. The van der Waals surface area contributed by atoms with E-state index in [1.54, 1.807) is 0 Å². The summed E-state index contributed by atoms with van der Waals surface area (Å²) in [7, 11) is 2.00. The molecule has 0 unspecified atom stereocenters.